The third-order valence-corrected chi connectivity index (χ3v) is 13.3. The number of aromatic nitrogens is 1. The van der Waals surface area contributed by atoms with Crippen molar-refractivity contribution in [2.75, 3.05) is 0 Å². The normalized spacial score (nSPS) is 11.2. The lowest BCUT2D eigenvalue weighted by molar-refractivity contribution is -0.384. The van der Waals surface area contributed by atoms with Gasteiger partial charge in [-0.3, -0.25) is 10.1 Å². The van der Waals surface area contributed by atoms with Crippen LogP contribution in [0.1, 0.15) is 0 Å². The van der Waals surface area contributed by atoms with E-state index in [1.54, 1.807) is 18.2 Å². The summed E-state index contributed by atoms with van der Waals surface area (Å²) in [5, 5.41) is 22.2. The van der Waals surface area contributed by atoms with E-state index in [1.165, 1.54) is 43.5 Å². The van der Waals surface area contributed by atoms with E-state index in [0.29, 0.717) is 11.1 Å². The fourth-order valence-electron chi connectivity index (χ4n) is 8.11. The average molecular weight is 809 g/mol. The van der Waals surface area contributed by atoms with Gasteiger partial charge in [-0.25, -0.2) is 0 Å². The van der Waals surface area contributed by atoms with Crippen molar-refractivity contribution in [3.8, 4) is 11.1 Å². The number of H-pyrrole nitrogens is 1. The number of furan rings is 2. The number of nitrogens with zero attached hydrogens (tertiary/aromatic N) is 1. The molecule has 61 heavy (non-hydrogen) atoms. The van der Waals surface area contributed by atoms with Gasteiger partial charge in [0.25, 0.3) is 5.69 Å². The minimum atomic E-state index is -0.446. The summed E-state index contributed by atoms with van der Waals surface area (Å²) in [4.78, 5) is 14.4. The van der Waals surface area contributed by atoms with Crippen LogP contribution in [0.4, 0.5) is 5.69 Å². The first-order valence-electron chi connectivity index (χ1n) is 20.0. The summed E-state index contributed by atoms with van der Waals surface area (Å²) in [6, 6.07) is 73.4. The van der Waals surface area contributed by atoms with Crippen molar-refractivity contribution >= 4 is 95.2 Å². The molecule has 0 spiro atoms. The molecule has 292 valence electrons. The van der Waals surface area contributed by atoms with Gasteiger partial charge in [-0.05, 0) is 60.2 Å². The number of nitrogens with one attached hydrogen (secondary N) is 1. The van der Waals surface area contributed by atoms with Crippen LogP contribution in [0.5, 0.6) is 0 Å². The molecule has 1 N–H and O–H groups in total. The highest BCUT2D eigenvalue weighted by Gasteiger charge is 2.20. The number of benzene rings is 9. The Kier molecular flexibility index (Phi) is 10.1. The predicted octanol–water partition coefficient (Wildman–Crippen LogP) is 13.8. The monoisotopic (exact) mass is 808 g/mol. The maximum atomic E-state index is 11.3. The molecular weight excluding hydrogens is 772 g/mol. The highest BCUT2D eigenvalue weighted by atomic mass is 31.1. The molecule has 9 aromatic carbocycles. The van der Waals surface area contributed by atoms with Crippen molar-refractivity contribution in [3.63, 3.8) is 0 Å². The van der Waals surface area contributed by atoms with Crippen LogP contribution in [-0.4, -0.2) is 9.91 Å². The van der Waals surface area contributed by atoms with E-state index in [2.05, 4.69) is 138 Å². The minimum Gasteiger partial charge on any atom is -0.455 e. The van der Waals surface area contributed by atoms with Crippen LogP contribution in [0.25, 0.3) is 76.8 Å². The van der Waals surface area contributed by atoms with Crippen molar-refractivity contribution in [3.05, 3.63) is 229 Å². The molecule has 12 rings (SSSR count). The molecule has 0 unspecified atom stereocenters. The number of hydrogen-bond acceptors (Lipinski definition) is 4. The van der Waals surface area contributed by atoms with E-state index in [0.717, 1.165) is 44.1 Å². The Morgan fingerprint density at radius 2 is 0.852 bits per heavy atom. The maximum absolute atomic E-state index is 11.3. The summed E-state index contributed by atoms with van der Waals surface area (Å²) < 4.78 is 12.1. The maximum Gasteiger partial charge on any atom is 0.277 e. The highest BCUT2D eigenvalue weighted by molar-refractivity contribution is 7.79. The van der Waals surface area contributed by atoms with Gasteiger partial charge in [0.05, 0.1) is 21.4 Å². The molecule has 3 aromatic heterocycles. The summed E-state index contributed by atoms with van der Waals surface area (Å²) in [6.07, 6.45) is 0. The molecule has 7 heteroatoms. The average Bonchev–Trinajstić information content (AvgIpc) is 4.02. The molecule has 12 aromatic rings. The van der Waals surface area contributed by atoms with Gasteiger partial charge < -0.3 is 13.8 Å². The number of para-hydroxylation sites is 5. The van der Waals surface area contributed by atoms with Crippen molar-refractivity contribution < 1.29 is 13.8 Å². The molecule has 3 heterocycles. The van der Waals surface area contributed by atoms with Crippen LogP contribution in [0.15, 0.2) is 227 Å². The third kappa shape index (κ3) is 7.20. The fourth-order valence-corrected chi connectivity index (χ4v) is 10.4. The molecule has 0 saturated carbocycles. The molecular formula is C54H37N2O4P. The van der Waals surface area contributed by atoms with E-state index >= 15 is 0 Å². The van der Waals surface area contributed by atoms with Gasteiger partial charge in [0, 0.05) is 44.1 Å². The largest absolute Gasteiger partial charge is 0.455 e. The summed E-state index contributed by atoms with van der Waals surface area (Å²) in [7, 11) is -0.446. The molecule has 0 fully saturated rings. The van der Waals surface area contributed by atoms with Crippen LogP contribution in [-0.2, 0) is 0 Å². The molecule has 0 aliphatic rings. The molecule has 0 aliphatic heterocycles. The number of nitro groups is 1. The number of aromatic amines is 1. The lowest BCUT2D eigenvalue weighted by atomic mass is 10.0. The van der Waals surface area contributed by atoms with Gasteiger partial charge in [0.1, 0.15) is 22.3 Å². The molecule has 0 bridgehead atoms. The number of fused-ring (bicyclic) bond motifs is 10. The lowest BCUT2D eigenvalue weighted by Gasteiger charge is -2.18. The Bertz CT molecular complexity index is 3370. The molecule has 0 aliphatic carbocycles. The van der Waals surface area contributed by atoms with Crippen molar-refractivity contribution in [2.24, 2.45) is 0 Å². The molecule has 6 nitrogen and oxygen atoms in total. The Labute approximate surface area is 352 Å². The van der Waals surface area contributed by atoms with Crippen LogP contribution in [0.3, 0.4) is 0 Å². The second kappa shape index (κ2) is 16.5. The smallest absolute Gasteiger partial charge is 0.277 e. The van der Waals surface area contributed by atoms with Gasteiger partial charge in [-0.1, -0.05) is 176 Å². The lowest BCUT2D eigenvalue weighted by Crippen LogP contribution is -2.20. The van der Waals surface area contributed by atoms with Crippen LogP contribution >= 0.6 is 7.92 Å². The van der Waals surface area contributed by atoms with E-state index in [-0.39, 0.29) is 10.6 Å². The van der Waals surface area contributed by atoms with E-state index in [4.69, 9.17) is 8.83 Å². The van der Waals surface area contributed by atoms with Gasteiger partial charge in [-0.2, -0.15) is 0 Å². The molecule has 0 atom stereocenters. The SMILES string of the molecule is O=[N+]([O-])c1ccccc1-c1cccc2c1oc1ccccc12.c1ccc(P(c2ccccc2)c2ccccc2)cc1.c1ccc2c(c1)[nH]c1ccc3c4ccccc4oc3c12. The van der Waals surface area contributed by atoms with Crippen molar-refractivity contribution in [2.45, 2.75) is 0 Å². The summed E-state index contributed by atoms with van der Waals surface area (Å²) >= 11 is 0. The quantitative estimate of drug-likeness (QED) is 0.107. The number of nitro benzene ring substituents is 1. The second-order valence-electron chi connectivity index (χ2n) is 14.5. The summed E-state index contributed by atoms with van der Waals surface area (Å²) in [5.41, 5.74) is 7.03. The van der Waals surface area contributed by atoms with Crippen LogP contribution < -0.4 is 15.9 Å². The number of rotatable bonds is 5. The summed E-state index contributed by atoms with van der Waals surface area (Å²) in [6.45, 7) is 0. The Balaban J connectivity index is 0.000000110. The first-order valence-corrected chi connectivity index (χ1v) is 21.4. The third-order valence-electron chi connectivity index (χ3n) is 10.9. The number of hydrogen-bond donors (Lipinski definition) is 1. The molecule has 0 radical (unpaired) electrons. The first-order chi connectivity index (χ1) is 30.1. The zero-order valence-corrected chi connectivity index (χ0v) is 33.7. The second-order valence-corrected chi connectivity index (χ2v) is 16.8. The van der Waals surface area contributed by atoms with Crippen LogP contribution in [0, 0.1) is 10.1 Å². The standard InChI is InChI=1S/C18H11NO3.C18H11NO.C18H15P/c20-19(21)16-10-3-1-6-12(16)14-8-5-9-15-13-7-2-4-11-17(13)22-18(14)15;1-3-7-14-13(6-1)17-15(19-14)10-9-12-11-5-2-4-8-16(11)20-18(12)17;1-4-10-16(11-5-1)19(17-12-6-2-7-13-17)18-14-8-3-9-15-18/h1-11H;1-10,19H;1-15H. The Morgan fingerprint density at radius 3 is 1.46 bits per heavy atom. The van der Waals surface area contributed by atoms with Crippen LogP contribution in [0.2, 0.25) is 0 Å². The topological polar surface area (TPSA) is 85.2 Å². The van der Waals surface area contributed by atoms with Gasteiger partial charge in [-0.15, -0.1) is 0 Å². The van der Waals surface area contributed by atoms with Gasteiger partial charge in [0.2, 0.25) is 0 Å². The van der Waals surface area contributed by atoms with Crippen molar-refractivity contribution in [1.82, 2.24) is 4.98 Å². The Morgan fingerprint density at radius 1 is 0.393 bits per heavy atom. The van der Waals surface area contributed by atoms with Gasteiger partial charge >= 0.3 is 0 Å². The fraction of sp³-hybridized carbons (Fsp3) is 0. The zero-order valence-electron chi connectivity index (χ0n) is 32.8. The van der Waals surface area contributed by atoms with E-state index < -0.39 is 7.92 Å². The highest BCUT2D eigenvalue weighted by Crippen LogP contribution is 2.40. The Hall–Kier alpha value is -7.79. The molecule has 0 amide bonds. The van der Waals surface area contributed by atoms with Crippen molar-refractivity contribution in [1.29, 1.82) is 0 Å². The zero-order chi connectivity index (χ0) is 41.1. The predicted molar refractivity (Wildman–Crippen MR) is 254 cm³/mol. The van der Waals surface area contributed by atoms with E-state index in [1.807, 2.05) is 60.7 Å². The van der Waals surface area contributed by atoms with Gasteiger partial charge in [0.15, 0.2) is 0 Å². The summed E-state index contributed by atoms with van der Waals surface area (Å²) in [5.74, 6) is 0. The molecule has 0 saturated heterocycles. The first kappa shape index (κ1) is 37.5. The van der Waals surface area contributed by atoms with E-state index in [9.17, 15) is 10.1 Å². The minimum absolute atomic E-state index is 0.0791.